The minimum Gasteiger partial charge on any atom is -0.395 e. The van der Waals surface area contributed by atoms with Crippen LogP contribution in [0.3, 0.4) is 0 Å². The summed E-state index contributed by atoms with van der Waals surface area (Å²) in [4.78, 5) is 0. The van der Waals surface area contributed by atoms with Crippen molar-refractivity contribution in [2.45, 2.75) is 73.8 Å². The zero-order chi connectivity index (χ0) is 19.4. The summed E-state index contributed by atoms with van der Waals surface area (Å²) in [5.41, 5.74) is -2.76. The van der Waals surface area contributed by atoms with Gasteiger partial charge in [0.15, 0.2) is 18.4 Å². The molecule has 27 heavy (non-hydrogen) atoms. The second kappa shape index (κ2) is 5.39. The minimum atomic E-state index is -1.54. The molecule has 10 heteroatoms. The Balaban J connectivity index is 1.50. The summed E-state index contributed by atoms with van der Waals surface area (Å²) in [6.45, 7) is 1.05. The zero-order valence-corrected chi connectivity index (χ0v) is 15.1. The second-order valence-corrected chi connectivity index (χ2v) is 8.59. The smallest absolute Gasteiger partial charge is 0.187 e. The van der Waals surface area contributed by atoms with Gasteiger partial charge in [0.1, 0.15) is 35.6 Å². The van der Waals surface area contributed by atoms with Crippen molar-refractivity contribution in [1.29, 1.82) is 0 Å². The van der Waals surface area contributed by atoms with E-state index in [1.54, 1.807) is 7.11 Å². The first-order chi connectivity index (χ1) is 12.7. The molecule has 0 aromatic heterocycles. The fourth-order valence-corrected chi connectivity index (χ4v) is 6.29. The van der Waals surface area contributed by atoms with E-state index in [-0.39, 0.29) is 12.5 Å². The van der Waals surface area contributed by atoms with E-state index in [9.17, 15) is 25.5 Å². The highest BCUT2D eigenvalue weighted by Gasteiger charge is 2.94. The van der Waals surface area contributed by atoms with E-state index >= 15 is 0 Å². The standard InChI is InChI=1S/C17H26O10/c1-14-5-16(23-2)8-3-17(14,15(8,6-19)13(26-14)27-16)25-12-11(22)10(21)9(20)7(4-18)24-12/h7-13,18-22H,3-6H2,1-2H3/t7-,8+,9-,10+,11-,12+,13-,14+,15+,16-,17-/m1/s1. The van der Waals surface area contributed by atoms with Crippen LogP contribution in [0.5, 0.6) is 0 Å². The lowest BCUT2D eigenvalue weighted by Gasteiger charge is -2.68. The molecule has 0 spiro atoms. The largest absolute Gasteiger partial charge is 0.395 e. The maximum atomic E-state index is 10.4. The van der Waals surface area contributed by atoms with E-state index < -0.39 is 66.0 Å². The fraction of sp³-hybridized carbons (Fsp3) is 1.00. The molecule has 3 aliphatic carbocycles. The molecule has 154 valence electrons. The molecule has 0 aromatic rings. The average molecular weight is 390 g/mol. The van der Waals surface area contributed by atoms with Gasteiger partial charge < -0.3 is 49.2 Å². The number of hydrogen-bond acceptors (Lipinski definition) is 10. The normalized spacial score (nSPS) is 63.4. The first kappa shape index (κ1) is 18.6. The Labute approximate surface area is 155 Å². The highest BCUT2D eigenvalue weighted by atomic mass is 16.8. The number of rotatable bonds is 5. The highest BCUT2D eigenvalue weighted by Crippen LogP contribution is 2.82. The molecule has 7 rings (SSSR count). The molecule has 0 radical (unpaired) electrons. The van der Waals surface area contributed by atoms with Gasteiger partial charge in [-0.2, -0.15) is 0 Å². The van der Waals surface area contributed by atoms with E-state index in [0.29, 0.717) is 12.8 Å². The predicted molar refractivity (Wildman–Crippen MR) is 83.9 cm³/mol. The molecule has 0 unspecified atom stereocenters. The van der Waals surface area contributed by atoms with Crippen LogP contribution in [0.2, 0.25) is 0 Å². The predicted octanol–water partition coefficient (Wildman–Crippen LogP) is -2.57. The summed E-state index contributed by atoms with van der Waals surface area (Å²) in [7, 11) is 1.57. The van der Waals surface area contributed by atoms with Crippen molar-refractivity contribution < 1.29 is 49.2 Å². The average Bonchev–Trinajstić information content (AvgIpc) is 2.85. The Hall–Kier alpha value is -0.400. The van der Waals surface area contributed by atoms with Crippen LogP contribution in [0, 0.1) is 11.3 Å². The van der Waals surface area contributed by atoms with Gasteiger partial charge in [-0.1, -0.05) is 0 Å². The summed E-state index contributed by atoms with van der Waals surface area (Å²) in [6.07, 6.45) is -6.78. The molecular weight excluding hydrogens is 364 g/mol. The van der Waals surface area contributed by atoms with Gasteiger partial charge in [-0.15, -0.1) is 0 Å². The van der Waals surface area contributed by atoms with Gasteiger partial charge in [-0.3, -0.25) is 0 Å². The molecule has 11 atom stereocenters. The maximum Gasteiger partial charge on any atom is 0.187 e. The monoisotopic (exact) mass is 390 g/mol. The van der Waals surface area contributed by atoms with Crippen molar-refractivity contribution in [3.05, 3.63) is 0 Å². The topological polar surface area (TPSA) is 147 Å². The van der Waals surface area contributed by atoms with Crippen LogP contribution < -0.4 is 0 Å². The summed E-state index contributed by atoms with van der Waals surface area (Å²) >= 11 is 0. The molecule has 3 saturated carbocycles. The molecule has 4 saturated heterocycles. The van der Waals surface area contributed by atoms with Crippen LogP contribution in [0.4, 0.5) is 0 Å². The third-order valence-electron chi connectivity index (χ3n) is 7.70. The van der Waals surface area contributed by atoms with E-state index in [4.69, 9.17) is 23.7 Å². The number of hydrogen-bond donors (Lipinski definition) is 5. The molecule has 10 nitrogen and oxygen atoms in total. The lowest BCUT2D eigenvalue weighted by atomic mass is 9.41. The van der Waals surface area contributed by atoms with Crippen molar-refractivity contribution in [3.8, 4) is 0 Å². The molecule has 7 fully saturated rings. The Morgan fingerprint density at radius 2 is 1.81 bits per heavy atom. The van der Waals surface area contributed by atoms with Gasteiger partial charge in [0.05, 0.1) is 18.6 Å². The number of methoxy groups -OCH3 is 1. The first-order valence-corrected chi connectivity index (χ1v) is 9.24. The van der Waals surface area contributed by atoms with E-state index in [0.717, 1.165) is 0 Å². The number of aliphatic hydroxyl groups excluding tert-OH is 5. The van der Waals surface area contributed by atoms with Crippen LogP contribution in [-0.2, 0) is 23.7 Å². The molecular formula is C17H26O10. The second-order valence-electron chi connectivity index (χ2n) is 8.59. The third kappa shape index (κ3) is 1.78. The van der Waals surface area contributed by atoms with Crippen LogP contribution in [0.25, 0.3) is 0 Å². The van der Waals surface area contributed by atoms with E-state index in [1.165, 1.54) is 0 Å². The molecule has 6 bridgehead atoms. The van der Waals surface area contributed by atoms with Gasteiger partial charge in [-0.05, 0) is 13.3 Å². The van der Waals surface area contributed by atoms with Crippen LogP contribution in [0.15, 0.2) is 0 Å². The van der Waals surface area contributed by atoms with Crippen molar-refractivity contribution >= 4 is 0 Å². The number of aliphatic hydroxyl groups is 5. The van der Waals surface area contributed by atoms with Gasteiger partial charge in [0.2, 0.25) is 0 Å². The van der Waals surface area contributed by atoms with Crippen LogP contribution in [-0.4, -0.2) is 99.8 Å². The molecule has 5 N–H and O–H groups in total. The van der Waals surface area contributed by atoms with Crippen molar-refractivity contribution in [2.24, 2.45) is 11.3 Å². The molecule has 0 aromatic carbocycles. The third-order valence-corrected chi connectivity index (χ3v) is 7.70. The first-order valence-electron chi connectivity index (χ1n) is 9.24. The number of ether oxygens (including phenoxy) is 5. The zero-order valence-electron chi connectivity index (χ0n) is 15.1. The molecule has 4 heterocycles. The van der Waals surface area contributed by atoms with Crippen LogP contribution in [0.1, 0.15) is 19.8 Å². The van der Waals surface area contributed by atoms with E-state index in [2.05, 4.69) is 0 Å². The lowest BCUT2D eigenvalue weighted by Crippen LogP contribution is -2.81. The quantitative estimate of drug-likeness (QED) is 0.339. The van der Waals surface area contributed by atoms with Gasteiger partial charge in [-0.25, -0.2) is 0 Å². The summed E-state index contributed by atoms with van der Waals surface area (Å²) in [5.74, 6) is -0.994. The van der Waals surface area contributed by atoms with Gasteiger partial charge in [0, 0.05) is 19.4 Å². The van der Waals surface area contributed by atoms with Crippen molar-refractivity contribution in [3.63, 3.8) is 0 Å². The van der Waals surface area contributed by atoms with Crippen LogP contribution >= 0.6 is 0 Å². The molecule has 4 aliphatic heterocycles. The highest BCUT2D eigenvalue weighted by molar-refractivity contribution is 5.37. The minimum absolute atomic E-state index is 0.148. The van der Waals surface area contributed by atoms with Crippen molar-refractivity contribution in [1.82, 2.24) is 0 Å². The summed E-state index contributed by atoms with van der Waals surface area (Å²) in [6, 6.07) is 0. The van der Waals surface area contributed by atoms with Gasteiger partial charge >= 0.3 is 0 Å². The Morgan fingerprint density at radius 1 is 1.07 bits per heavy atom. The Morgan fingerprint density at radius 3 is 2.44 bits per heavy atom. The SMILES string of the molecule is CO[C@]12C[C@]3(C)O[C@H](O1)[C@]1(CO)[C@@H]2C[C@]13O[C@@H]1O[C@H](CO)[C@@H](O)[C@H](O)[C@H]1O. The van der Waals surface area contributed by atoms with Gasteiger partial charge in [0.25, 0.3) is 0 Å². The lowest BCUT2D eigenvalue weighted by molar-refractivity contribution is -0.427. The molecule has 7 aliphatic rings. The fourth-order valence-electron chi connectivity index (χ4n) is 6.29. The molecule has 0 amide bonds. The maximum absolute atomic E-state index is 10.4. The summed E-state index contributed by atoms with van der Waals surface area (Å²) in [5, 5.41) is 50.2. The Kier molecular flexibility index (Phi) is 3.72. The van der Waals surface area contributed by atoms with E-state index in [1.807, 2.05) is 6.92 Å². The van der Waals surface area contributed by atoms with Crippen molar-refractivity contribution in [2.75, 3.05) is 20.3 Å². The summed E-state index contributed by atoms with van der Waals surface area (Å²) < 4.78 is 29.6. The Bertz CT molecular complexity index is 645.